The van der Waals surface area contributed by atoms with Crippen LogP contribution in [0.5, 0.6) is 0 Å². The number of nitrogens with zero attached hydrogens (tertiary/aromatic N) is 1. The quantitative estimate of drug-likeness (QED) is 0.877. The Hall–Kier alpha value is -0.940. The van der Waals surface area contributed by atoms with Crippen LogP contribution < -0.4 is 5.32 Å². The number of carbonyl (C=O) groups excluding carboxylic acids is 1. The first-order valence-electron chi connectivity index (χ1n) is 5.70. The maximum atomic E-state index is 11.9. The zero-order chi connectivity index (χ0) is 11.0. The lowest BCUT2D eigenvalue weighted by atomic mass is 10.2. The maximum Gasteiger partial charge on any atom is 0.254 e. The summed E-state index contributed by atoms with van der Waals surface area (Å²) in [6.07, 6.45) is 3.97. The van der Waals surface area contributed by atoms with Crippen molar-refractivity contribution in [2.75, 3.05) is 11.9 Å². The standard InChI is InChI=1S/C11H14N2O2S/c14-10(8-2-1-5-15-8)13-11-9(7-3-4-7)12-6-16-11/h6-8H,1-5H2,(H,13,14). The summed E-state index contributed by atoms with van der Waals surface area (Å²) in [5, 5.41) is 3.87. The number of carbonyl (C=O) groups is 1. The fraction of sp³-hybridized carbons (Fsp3) is 0.636. The first-order valence-corrected chi connectivity index (χ1v) is 6.58. The van der Waals surface area contributed by atoms with Crippen molar-refractivity contribution in [2.45, 2.75) is 37.7 Å². The molecular formula is C11H14N2O2S. The molecule has 1 unspecified atom stereocenters. The number of hydrogen-bond acceptors (Lipinski definition) is 4. The van der Waals surface area contributed by atoms with E-state index in [4.69, 9.17) is 4.74 Å². The summed E-state index contributed by atoms with van der Waals surface area (Å²) in [6, 6.07) is 0. The second kappa shape index (κ2) is 4.14. The lowest BCUT2D eigenvalue weighted by molar-refractivity contribution is -0.124. The van der Waals surface area contributed by atoms with Crippen molar-refractivity contribution in [3.8, 4) is 0 Å². The third-order valence-corrected chi connectivity index (χ3v) is 3.78. The summed E-state index contributed by atoms with van der Waals surface area (Å²) in [5.74, 6) is 0.565. The van der Waals surface area contributed by atoms with Gasteiger partial charge in [0, 0.05) is 12.5 Å². The van der Waals surface area contributed by atoms with Crippen LogP contribution in [0.4, 0.5) is 5.00 Å². The zero-order valence-corrected chi connectivity index (χ0v) is 9.76. The Bertz CT molecular complexity index is 394. The van der Waals surface area contributed by atoms with Gasteiger partial charge in [-0.1, -0.05) is 0 Å². The minimum absolute atomic E-state index is 0.0105. The van der Waals surface area contributed by atoms with Crippen LogP contribution in [0.3, 0.4) is 0 Å². The predicted octanol–water partition coefficient (Wildman–Crippen LogP) is 2.14. The van der Waals surface area contributed by atoms with Gasteiger partial charge in [-0.2, -0.15) is 0 Å². The van der Waals surface area contributed by atoms with Gasteiger partial charge in [0.15, 0.2) is 0 Å². The van der Waals surface area contributed by atoms with Gasteiger partial charge < -0.3 is 10.1 Å². The van der Waals surface area contributed by atoms with Crippen molar-refractivity contribution < 1.29 is 9.53 Å². The van der Waals surface area contributed by atoms with Crippen molar-refractivity contribution in [2.24, 2.45) is 0 Å². The maximum absolute atomic E-state index is 11.9. The fourth-order valence-electron chi connectivity index (χ4n) is 1.97. The molecule has 86 valence electrons. The van der Waals surface area contributed by atoms with E-state index in [-0.39, 0.29) is 12.0 Å². The largest absolute Gasteiger partial charge is 0.368 e. The minimum atomic E-state index is -0.255. The van der Waals surface area contributed by atoms with Gasteiger partial charge in [0.25, 0.3) is 5.91 Å². The van der Waals surface area contributed by atoms with Crippen molar-refractivity contribution in [3.05, 3.63) is 11.2 Å². The van der Waals surface area contributed by atoms with E-state index in [0.29, 0.717) is 12.5 Å². The average Bonchev–Trinajstić information content (AvgIpc) is 2.83. The van der Waals surface area contributed by atoms with E-state index in [1.807, 2.05) is 0 Å². The SMILES string of the molecule is O=C(Nc1scnc1C1CC1)C1CCCO1. The van der Waals surface area contributed by atoms with Gasteiger partial charge in [0.2, 0.25) is 0 Å². The summed E-state index contributed by atoms with van der Waals surface area (Å²) < 4.78 is 5.35. The molecule has 16 heavy (non-hydrogen) atoms. The van der Waals surface area contributed by atoms with Crippen LogP contribution in [0.15, 0.2) is 5.51 Å². The smallest absolute Gasteiger partial charge is 0.254 e. The molecule has 5 heteroatoms. The molecule has 1 amide bonds. The molecule has 1 atom stereocenters. The average molecular weight is 238 g/mol. The van der Waals surface area contributed by atoms with Gasteiger partial charge in [-0.25, -0.2) is 4.98 Å². The lowest BCUT2D eigenvalue weighted by Gasteiger charge is -2.09. The highest BCUT2D eigenvalue weighted by molar-refractivity contribution is 7.14. The van der Waals surface area contributed by atoms with E-state index in [0.717, 1.165) is 23.5 Å². The molecule has 0 radical (unpaired) electrons. The van der Waals surface area contributed by atoms with Crippen LogP contribution in [0.1, 0.15) is 37.3 Å². The predicted molar refractivity (Wildman–Crippen MR) is 61.7 cm³/mol. The number of rotatable bonds is 3. The number of ether oxygens (including phenoxy) is 1. The van der Waals surface area contributed by atoms with Crippen LogP contribution in [-0.4, -0.2) is 23.6 Å². The molecule has 1 N–H and O–H groups in total. The number of hydrogen-bond donors (Lipinski definition) is 1. The molecule has 0 bridgehead atoms. The Labute approximate surface area is 98.0 Å². The summed E-state index contributed by atoms with van der Waals surface area (Å²) in [4.78, 5) is 16.2. The number of anilines is 1. The highest BCUT2D eigenvalue weighted by Gasteiger charge is 2.30. The third kappa shape index (κ3) is 1.97. The Kier molecular flexibility index (Phi) is 2.65. The molecular weight excluding hydrogens is 224 g/mol. The summed E-state index contributed by atoms with van der Waals surface area (Å²) in [7, 11) is 0. The molecule has 1 saturated heterocycles. The Morgan fingerprint density at radius 3 is 3.06 bits per heavy atom. The highest BCUT2D eigenvalue weighted by Crippen LogP contribution is 2.43. The van der Waals surface area contributed by atoms with Crippen LogP contribution in [0.2, 0.25) is 0 Å². The number of amides is 1. The Morgan fingerprint density at radius 2 is 2.38 bits per heavy atom. The van der Waals surface area contributed by atoms with E-state index in [1.54, 1.807) is 5.51 Å². The summed E-state index contributed by atoms with van der Waals surface area (Å²) in [5.41, 5.74) is 2.87. The monoisotopic (exact) mass is 238 g/mol. The van der Waals surface area contributed by atoms with Crippen LogP contribution in [0.25, 0.3) is 0 Å². The Morgan fingerprint density at radius 1 is 1.50 bits per heavy atom. The van der Waals surface area contributed by atoms with Gasteiger partial charge >= 0.3 is 0 Å². The van der Waals surface area contributed by atoms with Crippen molar-refractivity contribution >= 4 is 22.2 Å². The van der Waals surface area contributed by atoms with Gasteiger partial charge in [-0.05, 0) is 25.7 Å². The van der Waals surface area contributed by atoms with Gasteiger partial charge in [0.05, 0.1) is 11.2 Å². The molecule has 3 rings (SSSR count). The van der Waals surface area contributed by atoms with Crippen molar-refractivity contribution in [1.29, 1.82) is 0 Å². The van der Waals surface area contributed by atoms with Crippen LogP contribution in [0, 0.1) is 0 Å². The Balaban J connectivity index is 1.68. The normalized spacial score (nSPS) is 24.6. The van der Waals surface area contributed by atoms with Crippen molar-refractivity contribution in [3.63, 3.8) is 0 Å². The molecule has 4 nitrogen and oxygen atoms in total. The minimum Gasteiger partial charge on any atom is -0.368 e. The molecule has 1 aromatic heterocycles. The topological polar surface area (TPSA) is 51.2 Å². The summed E-state index contributed by atoms with van der Waals surface area (Å²) in [6.45, 7) is 0.705. The van der Waals surface area contributed by atoms with Crippen molar-refractivity contribution in [1.82, 2.24) is 4.98 Å². The molecule has 1 saturated carbocycles. The highest BCUT2D eigenvalue weighted by atomic mass is 32.1. The van der Waals surface area contributed by atoms with Crippen LogP contribution in [-0.2, 0) is 9.53 Å². The molecule has 2 fully saturated rings. The van der Waals surface area contributed by atoms with Gasteiger partial charge in [-0.3, -0.25) is 4.79 Å². The molecule has 1 aliphatic heterocycles. The fourth-order valence-corrected chi connectivity index (χ4v) is 2.74. The van der Waals surface area contributed by atoms with Gasteiger partial charge in [0.1, 0.15) is 11.1 Å². The van der Waals surface area contributed by atoms with E-state index < -0.39 is 0 Å². The first kappa shape index (κ1) is 10.2. The molecule has 1 aliphatic carbocycles. The number of nitrogens with one attached hydrogen (secondary N) is 1. The molecule has 2 aliphatic rings. The van der Waals surface area contributed by atoms with E-state index in [1.165, 1.54) is 24.2 Å². The molecule has 0 aromatic carbocycles. The van der Waals surface area contributed by atoms with E-state index >= 15 is 0 Å². The van der Waals surface area contributed by atoms with E-state index in [2.05, 4.69) is 10.3 Å². The molecule has 1 aromatic rings. The summed E-state index contributed by atoms with van der Waals surface area (Å²) >= 11 is 1.51. The first-order chi connectivity index (χ1) is 7.84. The second-order valence-electron chi connectivity index (χ2n) is 4.33. The number of thiazole rings is 1. The molecule has 0 spiro atoms. The zero-order valence-electron chi connectivity index (χ0n) is 8.94. The number of aromatic nitrogens is 1. The third-order valence-electron chi connectivity index (χ3n) is 3.02. The van der Waals surface area contributed by atoms with E-state index in [9.17, 15) is 4.79 Å². The second-order valence-corrected chi connectivity index (χ2v) is 5.19. The van der Waals surface area contributed by atoms with Crippen LogP contribution >= 0.6 is 11.3 Å². The lowest BCUT2D eigenvalue weighted by Crippen LogP contribution is -2.26. The molecule has 2 heterocycles. The van der Waals surface area contributed by atoms with Gasteiger partial charge in [-0.15, -0.1) is 11.3 Å².